The minimum atomic E-state index is -0.452. The molecular formula is C22H28N2O6. The zero-order chi connectivity index (χ0) is 21.9. The van der Waals surface area contributed by atoms with Crippen molar-refractivity contribution in [2.24, 2.45) is 0 Å². The van der Waals surface area contributed by atoms with Gasteiger partial charge in [-0.1, -0.05) is 0 Å². The summed E-state index contributed by atoms with van der Waals surface area (Å²) in [4.78, 5) is 24.2. The average molecular weight is 416 g/mol. The molecule has 2 rings (SSSR count). The fourth-order valence-corrected chi connectivity index (χ4v) is 2.52. The normalized spacial score (nSPS) is 10.3. The first-order valence-corrected chi connectivity index (χ1v) is 9.63. The number of benzene rings is 2. The van der Waals surface area contributed by atoms with Gasteiger partial charge in [-0.2, -0.15) is 0 Å². The largest absolute Gasteiger partial charge is 0.497 e. The SMILES string of the molecule is COc1ccc(OCCCC(=O)NNC(=O)c2ccc(OC(C)C)c(OC)c2)cc1. The van der Waals surface area contributed by atoms with Crippen molar-refractivity contribution in [2.75, 3.05) is 20.8 Å². The van der Waals surface area contributed by atoms with Gasteiger partial charge in [0.25, 0.3) is 5.91 Å². The number of rotatable bonds is 10. The Hall–Kier alpha value is -3.42. The molecule has 0 aliphatic carbocycles. The summed E-state index contributed by atoms with van der Waals surface area (Å²) in [6, 6.07) is 12.0. The van der Waals surface area contributed by atoms with E-state index in [-0.39, 0.29) is 18.4 Å². The van der Waals surface area contributed by atoms with Crippen molar-refractivity contribution in [1.82, 2.24) is 10.9 Å². The van der Waals surface area contributed by atoms with Crippen LogP contribution >= 0.6 is 0 Å². The van der Waals surface area contributed by atoms with Crippen molar-refractivity contribution in [3.05, 3.63) is 48.0 Å². The Balaban J connectivity index is 1.73. The van der Waals surface area contributed by atoms with Crippen molar-refractivity contribution >= 4 is 11.8 Å². The first kappa shape index (κ1) is 22.9. The standard InChI is InChI=1S/C22H28N2O6/c1-15(2)30-19-12-7-16(14-20(19)28-4)22(26)24-23-21(25)6-5-13-29-18-10-8-17(27-3)9-11-18/h7-12,14-15H,5-6,13H2,1-4H3,(H,23,25)(H,24,26). The predicted molar refractivity (Wildman–Crippen MR) is 112 cm³/mol. The Kier molecular flexibility index (Phi) is 8.80. The van der Waals surface area contributed by atoms with Gasteiger partial charge in [-0.3, -0.25) is 20.4 Å². The first-order valence-electron chi connectivity index (χ1n) is 9.63. The number of ether oxygens (including phenoxy) is 4. The molecule has 0 unspecified atom stereocenters. The zero-order valence-corrected chi connectivity index (χ0v) is 17.7. The lowest BCUT2D eigenvalue weighted by atomic mass is 10.2. The monoisotopic (exact) mass is 416 g/mol. The highest BCUT2D eigenvalue weighted by Gasteiger charge is 2.13. The van der Waals surface area contributed by atoms with Crippen LogP contribution in [0.4, 0.5) is 0 Å². The van der Waals surface area contributed by atoms with Gasteiger partial charge in [-0.15, -0.1) is 0 Å². The Morgan fingerprint density at radius 3 is 2.23 bits per heavy atom. The summed E-state index contributed by atoms with van der Waals surface area (Å²) < 4.78 is 21.5. The van der Waals surface area contributed by atoms with E-state index in [1.54, 1.807) is 49.6 Å². The predicted octanol–water partition coefficient (Wildman–Crippen LogP) is 3.11. The second-order valence-corrected chi connectivity index (χ2v) is 6.66. The summed E-state index contributed by atoms with van der Waals surface area (Å²) in [6.07, 6.45) is 0.690. The number of nitrogens with one attached hydrogen (secondary N) is 2. The summed E-state index contributed by atoms with van der Waals surface area (Å²) >= 11 is 0. The third kappa shape index (κ3) is 7.20. The number of hydrogen-bond donors (Lipinski definition) is 2. The Bertz CT molecular complexity index is 836. The third-order valence-corrected chi connectivity index (χ3v) is 3.98. The minimum absolute atomic E-state index is 0.0217. The summed E-state index contributed by atoms with van der Waals surface area (Å²) in [5, 5.41) is 0. The molecule has 0 spiro atoms. The number of carbonyl (C=O) groups excluding carboxylic acids is 2. The second-order valence-electron chi connectivity index (χ2n) is 6.66. The molecule has 0 aliphatic rings. The fourth-order valence-electron chi connectivity index (χ4n) is 2.52. The Morgan fingerprint density at radius 2 is 1.60 bits per heavy atom. The topological polar surface area (TPSA) is 95.1 Å². The van der Waals surface area contributed by atoms with Crippen molar-refractivity contribution in [2.45, 2.75) is 32.8 Å². The van der Waals surface area contributed by atoms with E-state index in [1.165, 1.54) is 7.11 Å². The van der Waals surface area contributed by atoms with Gasteiger partial charge in [0.05, 0.1) is 26.9 Å². The van der Waals surface area contributed by atoms with Crippen LogP contribution in [0.25, 0.3) is 0 Å². The number of hydrogen-bond acceptors (Lipinski definition) is 6. The molecule has 2 amide bonds. The molecule has 0 bridgehead atoms. The van der Waals surface area contributed by atoms with E-state index in [0.717, 1.165) is 5.75 Å². The lowest BCUT2D eigenvalue weighted by Gasteiger charge is -2.14. The van der Waals surface area contributed by atoms with E-state index < -0.39 is 5.91 Å². The van der Waals surface area contributed by atoms with Crippen LogP contribution < -0.4 is 29.8 Å². The molecule has 0 saturated carbocycles. The molecule has 0 atom stereocenters. The molecule has 0 aliphatic heterocycles. The molecule has 2 aromatic rings. The average Bonchev–Trinajstić information content (AvgIpc) is 2.75. The highest BCUT2D eigenvalue weighted by atomic mass is 16.5. The highest BCUT2D eigenvalue weighted by molar-refractivity contribution is 5.96. The van der Waals surface area contributed by atoms with Crippen molar-refractivity contribution in [1.29, 1.82) is 0 Å². The van der Waals surface area contributed by atoms with E-state index >= 15 is 0 Å². The van der Waals surface area contributed by atoms with Gasteiger partial charge in [0.15, 0.2) is 11.5 Å². The molecule has 30 heavy (non-hydrogen) atoms. The number of amides is 2. The van der Waals surface area contributed by atoms with Crippen LogP contribution in [0.3, 0.4) is 0 Å². The summed E-state index contributed by atoms with van der Waals surface area (Å²) in [5.74, 6) is 1.67. The van der Waals surface area contributed by atoms with Gasteiger partial charge in [0.2, 0.25) is 5.91 Å². The fraction of sp³-hybridized carbons (Fsp3) is 0.364. The molecule has 0 aromatic heterocycles. The Morgan fingerprint density at radius 1 is 0.900 bits per heavy atom. The van der Waals surface area contributed by atoms with Crippen molar-refractivity contribution < 1.29 is 28.5 Å². The quantitative estimate of drug-likeness (QED) is 0.457. The van der Waals surface area contributed by atoms with Crippen LogP contribution in [-0.2, 0) is 4.79 Å². The molecule has 0 radical (unpaired) electrons. The number of carbonyl (C=O) groups is 2. The van der Waals surface area contributed by atoms with E-state index in [9.17, 15) is 9.59 Å². The lowest BCUT2D eigenvalue weighted by Crippen LogP contribution is -2.41. The van der Waals surface area contributed by atoms with Gasteiger partial charge < -0.3 is 18.9 Å². The molecular weight excluding hydrogens is 388 g/mol. The zero-order valence-electron chi connectivity index (χ0n) is 17.7. The molecule has 0 saturated heterocycles. The summed E-state index contributed by atoms with van der Waals surface area (Å²) in [7, 11) is 3.10. The van der Waals surface area contributed by atoms with Gasteiger partial charge in [-0.25, -0.2) is 0 Å². The molecule has 8 nitrogen and oxygen atoms in total. The van der Waals surface area contributed by atoms with Crippen molar-refractivity contribution in [3.8, 4) is 23.0 Å². The van der Waals surface area contributed by atoms with Gasteiger partial charge in [0.1, 0.15) is 11.5 Å². The van der Waals surface area contributed by atoms with Gasteiger partial charge in [0, 0.05) is 12.0 Å². The van der Waals surface area contributed by atoms with Crippen LogP contribution in [0.1, 0.15) is 37.0 Å². The molecule has 162 valence electrons. The maximum atomic E-state index is 12.3. The molecule has 0 fully saturated rings. The molecule has 2 aromatic carbocycles. The van der Waals surface area contributed by atoms with Crippen LogP contribution in [0.5, 0.6) is 23.0 Å². The smallest absolute Gasteiger partial charge is 0.269 e. The van der Waals surface area contributed by atoms with Crippen LogP contribution in [0.15, 0.2) is 42.5 Å². The van der Waals surface area contributed by atoms with E-state index in [1.807, 2.05) is 13.8 Å². The summed E-state index contributed by atoms with van der Waals surface area (Å²) in [5.41, 5.74) is 5.13. The van der Waals surface area contributed by atoms with Gasteiger partial charge in [-0.05, 0) is 62.7 Å². The summed E-state index contributed by atoms with van der Waals surface area (Å²) in [6.45, 7) is 4.18. The van der Waals surface area contributed by atoms with Crippen molar-refractivity contribution in [3.63, 3.8) is 0 Å². The Labute approximate surface area is 176 Å². The van der Waals surface area contributed by atoms with Crippen LogP contribution in [0.2, 0.25) is 0 Å². The molecule has 2 N–H and O–H groups in total. The van der Waals surface area contributed by atoms with E-state index in [0.29, 0.717) is 35.8 Å². The maximum Gasteiger partial charge on any atom is 0.269 e. The van der Waals surface area contributed by atoms with Crippen LogP contribution in [0, 0.1) is 0 Å². The van der Waals surface area contributed by atoms with E-state index in [2.05, 4.69) is 10.9 Å². The number of methoxy groups -OCH3 is 2. The second kappa shape index (κ2) is 11.5. The maximum absolute atomic E-state index is 12.3. The third-order valence-electron chi connectivity index (χ3n) is 3.98. The highest BCUT2D eigenvalue weighted by Crippen LogP contribution is 2.28. The van der Waals surface area contributed by atoms with E-state index in [4.69, 9.17) is 18.9 Å². The first-order chi connectivity index (χ1) is 14.4. The molecule has 0 heterocycles. The molecule has 8 heteroatoms. The number of hydrazine groups is 1. The lowest BCUT2D eigenvalue weighted by molar-refractivity contribution is -0.122. The minimum Gasteiger partial charge on any atom is -0.497 e. The van der Waals surface area contributed by atoms with Gasteiger partial charge >= 0.3 is 0 Å². The van der Waals surface area contributed by atoms with Crippen LogP contribution in [-0.4, -0.2) is 38.7 Å².